The number of nitrogens with two attached hydrogens (primary N) is 1. The predicted molar refractivity (Wildman–Crippen MR) is 83.9 cm³/mol. The first-order valence-electron chi connectivity index (χ1n) is 7.27. The average molecular weight is 271 g/mol. The topological polar surface area (TPSA) is 43.8 Å². The van der Waals surface area contributed by atoms with Crippen LogP contribution in [0.4, 0.5) is 0 Å². The Kier molecular flexibility index (Phi) is 4.61. The molecule has 0 bridgehead atoms. The van der Waals surface area contributed by atoms with Gasteiger partial charge in [0.25, 0.3) is 0 Å². The van der Waals surface area contributed by atoms with E-state index in [2.05, 4.69) is 50.1 Å². The summed E-state index contributed by atoms with van der Waals surface area (Å²) in [5.74, 6) is 0. The van der Waals surface area contributed by atoms with E-state index in [1.54, 1.807) is 0 Å². The maximum atomic E-state index is 6.27. The summed E-state index contributed by atoms with van der Waals surface area (Å²) < 4.78 is 1.95. The standard InChI is InChI=1S/C17H25N3/c1-12-5-7-15(8-6-12)11-16(18)9-10-17-13(2)19-20(4)14(17)3/h5-8,16H,9-11,18H2,1-4H3. The van der Waals surface area contributed by atoms with Crippen molar-refractivity contribution in [3.63, 3.8) is 0 Å². The third-order valence-electron chi connectivity index (χ3n) is 4.04. The van der Waals surface area contributed by atoms with Crippen molar-refractivity contribution in [3.05, 3.63) is 52.3 Å². The minimum atomic E-state index is 0.205. The van der Waals surface area contributed by atoms with Gasteiger partial charge < -0.3 is 5.73 Å². The maximum absolute atomic E-state index is 6.27. The summed E-state index contributed by atoms with van der Waals surface area (Å²) in [5.41, 5.74) is 12.6. The van der Waals surface area contributed by atoms with Crippen LogP contribution in [0.25, 0.3) is 0 Å². The van der Waals surface area contributed by atoms with Gasteiger partial charge in [0.1, 0.15) is 0 Å². The van der Waals surface area contributed by atoms with E-state index in [9.17, 15) is 0 Å². The Morgan fingerprint density at radius 2 is 1.80 bits per heavy atom. The Balaban J connectivity index is 1.92. The predicted octanol–water partition coefficient (Wildman–Crippen LogP) is 2.85. The van der Waals surface area contributed by atoms with Crippen molar-refractivity contribution in [1.29, 1.82) is 0 Å². The van der Waals surface area contributed by atoms with Crippen LogP contribution >= 0.6 is 0 Å². The van der Waals surface area contributed by atoms with Gasteiger partial charge in [-0.25, -0.2) is 0 Å². The minimum absolute atomic E-state index is 0.205. The molecule has 2 aromatic rings. The number of benzene rings is 1. The summed E-state index contributed by atoms with van der Waals surface area (Å²) in [4.78, 5) is 0. The van der Waals surface area contributed by atoms with Crippen molar-refractivity contribution in [1.82, 2.24) is 9.78 Å². The van der Waals surface area contributed by atoms with Gasteiger partial charge in [0.05, 0.1) is 5.69 Å². The molecule has 0 amide bonds. The fourth-order valence-corrected chi connectivity index (χ4v) is 2.64. The molecule has 1 atom stereocenters. The lowest BCUT2D eigenvalue weighted by Gasteiger charge is -2.12. The van der Waals surface area contributed by atoms with Crippen LogP contribution in [0.1, 0.15) is 34.5 Å². The lowest BCUT2D eigenvalue weighted by Crippen LogP contribution is -2.23. The zero-order valence-corrected chi connectivity index (χ0v) is 13.0. The first kappa shape index (κ1) is 14.8. The van der Waals surface area contributed by atoms with Crippen LogP contribution in [0.15, 0.2) is 24.3 Å². The van der Waals surface area contributed by atoms with Crippen LogP contribution < -0.4 is 5.73 Å². The van der Waals surface area contributed by atoms with E-state index in [1.165, 1.54) is 22.4 Å². The van der Waals surface area contributed by atoms with E-state index in [1.807, 2.05) is 11.7 Å². The number of hydrogen-bond donors (Lipinski definition) is 1. The van der Waals surface area contributed by atoms with Crippen molar-refractivity contribution in [2.75, 3.05) is 0 Å². The Hall–Kier alpha value is -1.61. The molecule has 1 heterocycles. The van der Waals surface area contributed by atoms with Gasteiger partial charge in [-0.2, -0.15) is 5.10 Å². The molecule has 2 rings (SSSR count). The lowest BCUT2D eigenvalue weighted by molar-refractivity contribution is 0.608. The molecule has 0 saturated heterocycles. The van der Waals surface area contributed by atoms with Crippen LogP contribution in [-0.4, -0.2) is 15.8 Å². The fourth-order valence-electron chi connectivity index (χ4n) is 2.64. The SMILES string of the molecule is Cc1ccc(CC(N)CCc2c(C)nn(C)c2C)cc1. The highest BCUT2D eigenvalue weighted by atomic mass is 15.3. The molecule has 2 N–H and O–H groups in total. The lowest BCUT2D eigenvalue weighted by atomic mass is 9.98. The molecule has 0 spiro atoms. The van der Waals surface area contributed by atoms with E-state index in [0.29, 0.717) is 0 Å². The molecular weight excluding hydrogens is 246 g/mol. The zero-order valence-electron chi connectivity index (χ0n) is 13.0. The van der Waals surface area contributed by atoms with E-state index >= 15 is 0 Å². The van der Waals surface area contributed by atoms with Crippen molar-refractivity contribution < 1.29 is 0 Å². The Labute approximate surface area is 121 Å². The van der Waals surface area contributed by atoms with E-state index in [-0.39, 0.29) is 6.04 Å². The molecule has 1 unspecified atom stereocenters. The van der Waals surface area contributed by atoms with Crippen molar-refractivity contribution in [3.8, 4) is 0 Å². The maximum Gasteiger partial charge on any atom is 0.0628 e. The second kappa shape index (κ2) is 6.23. The molecule has 0 aliphatic heterocycles. The van der Waals surface area contributed by atoms with Gasteiger partial charge in [0.2, 0.25) is 0 Å². The molecule has 0 aliphatic rings. The summed E-state index contributed by atoms with van der Waals surface area (Å²) in [5, 5.41) is 4.46. The molecule has 3 heteroatoms. The van der Waals surface area contributed by atoms with E-state index < -0.39 is 0 Å². The number of aromatic nitrogens is 2. The highest BCUT2D eigenvalue weighted by Crippen LogP contribution is 2.16. The first-order chi connectivity index (χ1) is 9.47. The van der Waals surface area contributed by atoms with Gasteiger partial charge in [-0.1, -0.05) is 29.8 Å². The van der Waals surface area contributed by atoms with Crippen molar-refractivity contribution in [2.45, 2.75) is 46.1 Å². The Morgan fingerprint density at radius 3 is 2.35 bits per heavy atom. The van der Waals surface area contributed by atoms with Gasteiger partial charge >= 0.3 is 0 Å². The number of nitrogens with zero attached hydrogens (tertiary/aromatic N) is 2. The van der Waals surface area contributed by atoms with Crippen LogP contribution in [-0.2, 0) is 19.9 Å². The molecule has 1 aromatic heterocycles. The van der Waals surface area contributed by atoms with Gasteiger partial charge in [0.15, 0.2) is 0 Å². The summed E-state index contributed by atoms with van der Waals surface area (Å²) in [6.45, 7) is 6.31. The molecule has 108 valence electrons. The van der Waals surface area contributed by atoms with Gasteiger partial charge in [-0.3, -0.25) is 4.68 Å². The monoisotopic (exact) mass is 271 g/mol. The van der Waals surface area contributed by atoms with Crippen LogP contribution in [0.2, 0.25) is 0 Å². The summed E-state index contributed by atoms with van der Waals surface area (Å²) in [6.07, 6.45) is 2.96. The number of rotatable bonds is 5. The molecule has 0 fully saturated rings. The Morgan fingerprint density at radius 1 is 1.15 bits per heavy atom. The smallest absolute Gasteiger partial charge is 0.0628 e. The van der Waals surface area contributed by atoms with Crippen molar-refractivity contribution >= 4 is 0 Å². The number of aryl methyl sites for hydroxylation is 3. The minimum Gasteiger partial charge on any atom is -0.327 e. The quantitative estimate of drug-likeness (QED) is 0.908. The zero-order chi connectivity index (χ0) is 14.7. The largest absolute Gasteiger partial charge is 0.327 e. The van der Waals surface area contributed by atoms with Crippen LogP contribution in [0.5, 0.6) is 0 Å². The fraction of sp³-hybridized carbons (Fsp3) is 0.471. The van der Waals surface area contributed by atoms with Gasteiger partial charge in [-0.05, 0) is 51.2 Å². The second-order valence-corrected chi connectivity index (χ2v) is 5.76. The second-order valence-electron chi connectivity index (χ2n) is 5.76. The average Bonchev–Trinajstić information content (AvgIpc) is 2.64. The normalized spacial score (nSPS) is 12.7. The molecule has 0 aliphatic carbocycles. The van der Waals surface area contributed by atoms with Gasteiger partial charge in [0, 0.05) is 18.8 Å². The van der Waals surface area contributed by atoms with Gasteiger partial charge in [-0.15, -0.1) is 0 Å². The highest BCUT2D eigenvalue weighted by molar-refractivity contribution is 5.25. The number of hydrogen-bond acceptors (Lipinski definition) is 2. The first-order valence-corrected chi connectivity index (χ1v) is 7.27. The molecule has 3 nitrogen and oxygen atoms in total. The summed E-state index contributed by atoms with van der Waals surface area (Å²) in [6, 6.07) is 8.86. The molecule has 20 heavy (non-hydrogen) atoms. The summed E-state index contributed by atoms with van der Waals surface area (Å²) in [7, 11) is 2.00. The molecule has 0 saturated carbocycles. The third kappa shape index (κ3) is 3.48. The van der Waals surface area contributed by atoms with Crippen LogP contribution in [0.3, 0.4) is 0 Å². The van der Waals surface area contributed by atoms with Crippen LogP contribution in [0, 0.1) is 20.8 Å². The molecule has 1 aromatic carbocycles. The molecule has 0 radical (unpaired) electrons. The Bertz CT molecular complexity index is 567. The molecular formula is C17H25N3. The van der Waals surface area contributed by atoms with Crippen molar-refractivity contribution in [2.24, 2.45) is 12.8 Å². The van der Waals surface area contributed by atoms with E-state index in [0.717, 1.165) is 25.0 Å². The third-order valence-corrected chi connectivity index (χ3v) is 4.04. The summed E-state index contributed by atoms with van der Waals surface area (Å²) >= 11 is 0. The highest BCUT2D eigenvalue weighted by Gasteiger charge is 2.11. The van der Waals surface area contributed by atoms with E-state index in [4.69, 9.17) is 5.73 Å².